The minimum absolute atomic E-state index is 0.0552. The Hall–Kier alpha value is -2.44. The third-order valence-electron chi connectivity index (χ3n) is 3.62. The molecule has 0 bridgehead atoms. The van der Waals surface area contributed by atoms with Gasteiger partial charge in [-0.05, 0) is 44.0 Å². The van der Waals surface area contributed by atoms with Gasteiger partial charge >= 0.3 is 6.03 Å². The smallest absolute Gasteiger partial charge is 0.315 e. The van der Waals surface area contributed by atoms with E-state index in [0.717, 1.165) is 0 Å². The Balaban J connectivity index is 1.99. The lowest BCUT2D eigenvalue weighted by molar-refractivity contribution is 0.228. The number of halogens is 1. The molecule has 1 aromatic carbocycles. The molecule has 0 aliphatic carbocycles. The van der Waals surface area contributed by atoms with Crippen molar-refractivity contribution >= 4 is 6.03 Å². The molecule has 2 amide bonds. The average Bonchev–Trinajstić information content (AvgIpc) is 2.97. The predicted molar refractivity (Wildman–Crippen MR) is 84.1 cm³/mol. The van der Waals surface area contributed by atoms with Crippen molar-refractivity contribution in [3.8, 4) is 11.4 Å². The monoisotopic (exact) mass is 320 g/mol. The number of nitrogens with zero attached hydrogens (tertiary/aromatic N) is 2. The normalized spacial score (nSPS) is 13.7. The minimum Gasteiger partial charge on any atom is -0.337 e. The van der Waals surface area contributed by atoms with E-state index in [-0.39, 0.29) is 23.8 Å². The lowest BCUT2D eigenvalue weighted by Gasteiger charge is -2.19. The van der Waals surface area contributed by atoms with Gasteiger partial charge in [-0.3, -0.25) is 0 Å². The van der Waals surface area contributed by atoms with E-state index in [0.29, 0.717) is 17.3 Å². The fraction of sp³-hybridized carbons (Fsp3) is 0.438. The second kappa shape index (κ2) is 7.21. The number of amides is 2. The molecule has 0 saturated carbocycles. The van der Waals surface area contributed by atoms with Gasteiger partial charge in [-0.1, -0.05) is 19.0 Å². The lowest BCUT2D eigenvalue weighted by atomic mass is 10.1. The van der Waals surface area contributed by atoms with E-state index >= 15 is 0 Å². The standard InChI is InChI=1S/C16H21FN4O2/c1-9(2)10(3)18-16(22)19-11(4)15-20-14(21-23-15)12-5-7-13(17)8-6-12/h5-11H,1-4H3,(H2,18,19,22)/t10-,11-/m0/s1. The molecule has 0 spiro atoms. The third kappa shape index (κ3) is 4.51. The molecule has 2 N–H and O–H groups in total. The molecule has 0 saturated heterocycles. The van der Waals surface area contributed by atoms with Crippen molar-refractivity contribution in [1.82, 2.24) is 20.8 Å². The molecule has 2 atom stereocenters. The number of nitrogens with one attached hydrogen (secondary N) is 2. The maximum Gasteiger partial charge on any atom is 0.315 e. The van der Waals surface area contributed by atoms with Gasteiger partial charge in [0.25, 0.3) is 0 Å². The summed E-state index contributed by atoms with van der Waals surface area (Å²) in [6.07, 6.45) is 0. The molecule has 0 aliphatic heterocycles. The Kier molecular flexibility index (Phi) is 5.31. The maximum absolute atomic E-state index is 12.9. The summed E-state index contributed by atoms with van der Waals surface area (Å²) in [5.41, 5.74) is 0.645. The van der Waals surface area contributed by atoms with Crippen LogP contribution in [0.1, 0.15) is 39.6 Å². The van der Waals surface area contributed by atoms with Gasteiger partial charge in [0, 0.05) is 11.6 Å². The van der Waals surface area contributed by atoms with Crippen molar-refractivity contribution in [1.29, 1.82) is 0 Å². The molecule has 1 heterocycles. The number of benzene rings is 1. The van der Waals surface area contributed by atoms with Crippen LogP contribution in [0.3, 0.4) is 0 Å². The van der Waals surface area contributed by atoms with Crippen molar-refractivity contribution in [3.63, 3.8) is 0 Å². The molecule has 2 rings (SSSR count). The first-order valence-corrected chi connectivity index (χ1v) is 7.53. The highest BCUT2D eigenvalue weighted by atomic mass is 19.1. The van der Waals surface area contributed by atoms with Crippen LogP contribution in [0.2, 0.25) is 0 Å². The van der Waals surface area contributed by atoms with E-state index in [9.17, 15) is 9.18 Å². The van der Waals surface area contributed by atoms with Crippen molar-refractivity contribution in [2.24, 2.45) is 5.92 Å². The molecule has 0 aliphatic rings. The fourth-order valence-electron chi connectivity index (χ4n) is 1.80. The van der Waals surface area contributed by atoms with E-state index in [4.69, 9.17) is 4.52 Å². The van der Waals surface area contributed by atoms with Gasteiger partial charge in [0.15, 0.2) is 0 Å². The van der Waals surface area contributed by atoms with Crippen LogP contribution in [-0.4, -0.2) is 22.2 Å². The van der Waals surface area contributed by atoms with E-state index < -0.39 is 6.04 Å². The topological polar surface area (TPSA) is 80.0 Å². The molecule has 1 aromatic heterocycles. The minimum atomic E-state index is -0.434. The van der Waals surface area contributed by atoms with E-state index in [1.807, 2.05) is 20.8 Å². The third-order valence-corrected chi connectivity index (χ3v) is 3.62. The Morgan fingerprint density at radius 2 is 1.78 bits per heavy atom. The molecule has 6 nitrogen and oxygen atoms in total. The SMILES string of the molecule is CC(C)[C@H](C)NC(=O)N[C@@H](C)c1nc(-c2ccc(F)cc2)no1. The van der Waals surface area contributed by atoms with Crippen LogP contribution in [0.15, 0.2) is 28.8 Å². The number of hydrogen-bond donors (Lipinski definition) is 2. The maximum atomic E-state index is 12.9. The number of urea groups is 1. The van der Waals surface area contributed by atoms with Crippen LogP contribution in [0.25, 0.3) is 11.4 Å². The summed E-state index contributed by atoms with van der Waals surface area (Å²) in [6, 6.07) is 5.12. The number of carbonyl (C=O) groups is 1. The lowest BCUT2D eigenvalue weighted by Crippen LogP contribution is -2.43. The Morgan fingerprint density at radius 3 is 2.39 bits per heavy atom. The summed E-state index contributed by atoms with van der Waals surface area (Å²) >= 11 is 0. The van der Waals surface area contributed by atoms with Crippen molar-refractivity contribution in [2.45, 2.75) is 39.8 Å². The van der Waals surface area contributed by atoms with Gasteiger partial charge in [-0.2, -0.15) is 4.98 Å². The zero-order valence-corrected chi connectivity index (χ0v) is 13.6. The molecule has 0 fully saturated rings. The van der Waals surface area contributed by atoms with Gasteiger partial charge in [0.2, 0.25) is 11.7 Å². The van der Waals surface area contributed by atoms with Crippen molar-refractivity contribution in [3.05, 3.63) is 36.0 Å². The van der Waals surface area contributed by atoms with Gasteiger partial charge in [-0.25, -0.2) is 9.18 Å². The van der Waals surface area contributed by atoms with Gasteiger partial charge in [0.05, 0.1) is 0 Å². The Morgan fingerprint density at radius 1 is 1.13 bits per heavy atom. The number of rotatable bonds is 5. The summed E-state index contributed by atoms with van der Waals surface area (Å²) in [5, 5.41) is 9.45. The fourth-order valence-corrected chi connectivity index (χ4v) is 1.80. The first-order chi connectivity index (χ1) is 10.9. The van der Waals surface area contributed by atoms with E-state index in [2.05, 4.69) is 20.8 Å². The molecule has 124 valence electrons. The van der Waals surface area contributed by atoms with Gasteiger partial charge in [-0.15, -0.1) is 0 Å². The first-order valence-electron chi connectivity index (χ1n) is 7.53. The summed E-state index contributed by atoms with van der Waals surface area (Å²) in [5.74, 6) is 0.647. The largest absolute Gasteiger partial charge is 0.337 e. The zero-order valence-electron chi connectivity index (χ0n) is 13.6. The van der Waals surface area contributed by atoms with Crippen molar-refractivity contribution < 1.29 is 13.7 Å². The highest BCUT2D eigenvalue weighted by Gasteiger charge is 2.18. The summed E-state index contributed by atoms with van der Waals surface area (Å²) in [7, 11) is 0. The highest BCUT2D eigenvalue weighted by molar-refractivity contribution is 5.74. The Labute approximate surface area is 134 Å². The van der Waals surface area contributed by atoms with Crippen LogP contribution < -0.4 is 10.6 Å². The second-order valence-electron chi connectivity index (χ2n) is 5.84. The second-order valence-corrected chi connectivity index (χ2v) is 5.84. The highest BCUT2D eigenvalue weighted by Crippen LogP contribution is 2.18. The molecule has 7 heteroatoms. The van der Waals surface area contributed by atoms with Gasteiger partial charge in [0.1, 0.15) is 11.9 Å². The molecular weight excluding hydrogens is 299 g/mol. The summed E-state index contributed by atoms with van der Waals surface area (Å²) < 4.78 is 18.1. The van der Waals surface area contributed by atoms with Crippen LogP contribution >= 0.6 is 0 Å². The van der Waals surface area contributed by atoms with E-state index in [1.54, 1.807) is 19.1 Å². The summed E-state index contributed by atoms with van der Waals surface area (Å²) in [6.45, 7) is 7.75. The zero-order chi connectivity index (χ0) is 17.0. The summed E-state index contributed by atoms with van der Waals surface area (Å²) in [4.78, 5) is 16.1. The van der Waals surface area contributed by atoms with Gasteiger partial charge < -0.3 is 15.2 Å². The molecular formula is C16H21FN4O2. The van der Waals surface area contributed by atoms with Crippen LogP contribution in [0, 0.1) is 11.7 Å². The van der Waals surface area contributed by atoms with Crippen LogP contribution in [0.4, 0.5) is 9.18 Å². The quantitative estimate of drug-likeness (QED) is 0.886. The average molecular weight is 320 g/mol. The molecule has 0 radical (unpaired) electrons. The van der Waals surface area contributed by atoms with Crippen LogP contribution in [0.5, 0.6) is 0 Å². The molecule has 0 unspecified atom stereocenters. The number of carbonyl (C=O) groups excluding carboxylic acids is 1. The molecule has 2 aromatic rings. The predicted octanol–water partition coefficient (Wildman–Crippen LogP) is 3.28. The van der Waals surface area contributed by atoms with Crippen LogP contribution in [-0.2, 0) is 0 Å². The number of aromatic nitrogens is 2. The number of hydrogen-bond acceptors (Lipinski definition) is 4. The first kappa shape index (κ1) is 16.9. The molecule has 23 heavy (non-hydrogen) atoms. The van der Waals surface area contributed by atoms with E-state index in [1.165, 1.54) is 12.1 Å². The van der Waals surface area contributed by atoms with Crippen molar-refractivity contribution in [2.75, 3.05) is 0 Å². The Bertz CT molecular complexity index is 654.